The summed E-state index contributed by atoms with van der Waals surface area (Å²) in [6.07, 6.45) is 3.92. The molecule has 0 aliphatic rings. The molecule has 0 amide bonds. The molecule has 0 N–H and O–H groups in total. The van der Waals surface area contributed by atoms with Gasteiger partial charge in [0.05, 0.1) is 5.69 Å². The molecule has 0 radical (unpaired) electrons. The monoisotopic (exact) mass is 279 g/mol. The molecule has 0 saturated carbocycles. The van der Waals surface area contributed by atoms with Crippen LogP contribution in [0.2, 0.25) is 0 Å². The van der Waals surface area contributed by atoms with Crippen molar-refractivity contribution in [1.29, 1.82) is 0 Å². The number of para-hydroxylation sites is 1. The molecule has 0 aliphatic heterocycles. The Morgan fingerprint density at radius 1 is 1.00 bits per heavy atom. The molecular formula is C19H21NO. The van der Waals surface area contributed by atoms with E-state index in [-0.39, 0.29) is 0 Å². The summed E-state index contributed by atoms with van der Waals surface area (Å²) in [5, 5.41) is 2.25. The second-order valence-corrected chi connectivity index (χ2v) is 4.57. The van der Waals surface area contributed by atoms with E-state index in [0.717, 1.165) is 33.2 Å². The van der Waals surface area contributed by atoms with Gasteiger partial charge in [-0.3, -0.25) is 4.99 Å². The second-order valence-electron chi connectivity index (χ2n) is 4.57. The van der Waals surface area contributed by atoms with Gasteiger partial charge in [0.1, 0.15) is 11.2 Å². The number of allylic oxidation sites excluding steroid dienone is 2. The minimum atomic E-state index is 0.905. The maximum absolute atomic E-state index is 5.79. The number of fused-ring (bicyclic) bond motifs is 3. The third kappa shape index (κ3) is 3.22. The average Bonchev–Trinajstić information content (AvgIpc) is 2.92. The van der Waals surface area contributed by atoms with Gasteiger partial charge in [-0.2, -0.15) is 0 Å². The molecule has 0 aliphatic carbocycles. The topological polar surface area (TPSA) is 25.5 Å². The van der Waals surface area contributed by atoms with E-state index in [1.54, 1.807) is 0 Å². The van der Waals surface area contributed by atoms with Gasteiger partial charge in [0.2, 0.25) is 0 Å². The van der Waals surface area contributed by atoms with E-state index in [4.69, 9.17) is 4.42 Å². The Hall–Kier alpha value is -2.35. The lowest BCUT2D eigenvalue weighted by Gasteiger charge is -1.94. The minimum Gasteiger partial charge on any atom is -0.456 e. The van der Waals surface area contributed by atoms with Crippen molar-refractivity contribution in [3.63, 3.8) is 0 Å². The second kappa shape index (κ2) is 6.89. The number of nitrogens with zero attached hydrogens (tertiary/aromatic N) is 1. The highest BCUT2D eigenvalue weighted by Crippen LogP contribution is 2.31. The lowest BCUT2D eigenvalue weighted by atomic mass is 10.1. The zero-order valence-electron chi connectivity index (χ0n) is 13.1. The van der Waals surface area contributed by atoms with Crippen LogP contribution in [-0.4, -0.2) is 6.21 Å². The van der Waals surface area contributed by atoms with E-state index in [1.807, 2.05) is 70.3 Å². The summed E-state index contributed by atoms with van der Waals surface area (Å²) >= 11 is 0. The lowest BCUT2D eigenvalue weighted by Crippen LogP contribution is -1.75. The highest BCUT2D eigenvalue weighted by atomic mass is 16.3. The zero-order valence-corrected chi connectivity index (χ0v) is 13.1. The number of furan rings is 1. The van der Waals surface area contributed by atoms with E-state index in [9.17, 15) is 0 Å². The molecule has 3 aromatic rings. The minimum absolute atomic E-state index is 0.905. The maximum Gasteiger partial charge on any atom is 0.135 e. The van der Waals surface area contributed by atoms with Crippen LogP contribution in [0.5, 0.6) is 0 Å². The number of rotatable bonds is 2. The lowest BCUT2D eigenvalue weighted by molar-refractivity contribution is 0.669. The predicted molar refractivity (Wildman–Crippen MR) is 92.7 cm³/mol. The van der Waals surface area contributed by atoms with Gasteiger partial charge in [0.15, 0.2) is 0 Å². The first kappa shape index (κ1) is 15.0. The van der Waals surface area contributed by atoms with Crippen molar-refractivity contribution in [3.8, 4) is 0 Å². The first-order valence-electron chi connectivity index (χ1n) is 7.36. The molecule has 2 aromatic carbocycles. The average molecular weight is 279 g/mol. The fourth-order valence-electron chi connectivity index (χ4n) is 2.05. The highest BCUT2D eigenvalue weighted by Gasteiger charge is 2.05. The van der Waals surface area contributed by atoms with Crippen molar-refractivity contribution < 1.29 is 4.42 Å². The van der Waals surface area contributed by atoms with Gasteiger partial charge in [-0.05, 0) is 43.7 Å². The van der Waals surface area contributed by atoms with Gasteiger partial charge in [-0.25, -0.2) is 0 Å². The molecular weight excluding hydrogens is 258 g/mol. The Labute approximate surface area is 125 Å². The van der Waals surface area contributed by atoms with Crippen molar-refractivity contribution in [2.45, 2.75) is 27.7 Å². The molecule has 0 unspecified atom stereocenters. The summed E-state index contributed by atoms with van der Waals surface area (Å²) in [5.41, 5.74) is 3.92. The molecule has 108 valence electrons. The molecule has 1 aromatic heterocycles. The van der Waals surface area contributed by atoms with Crippen molar-refractivity contribution in [2.75, 3.05) is 0 Å². The van der Waals surface area contributed by atoms with Gasteiger partial charge in [0.25, 0.3) is 0 Å². The molecule has 0 atom stereocenters. The van der Waals surface area contributed by atoms with E-state index < -0.39 is 0 Å². The van der Waals surface area contributed by atoms with Crippen LogP contribution in [0.1, 0.15) is 27.7 Å². The number of hydrogen-bond donors (Lipinski definition) is 0. The van der Waals surface area contributed by atoms with Crippen LogP contribution in [-0.2, 0) is 0 Å². The Morgan fingerprint density at radius 2 is 1.71 bits per heavy atom. The van der Waals surface area contributed by atoms with Crippen LogP contribution >= 0.6 is 0 Å². The smallest absolute Gasteiger partial charge is 0.135 e. The molecule has 2 heteroatoms. The van der Waals surface area contributed by atoms with Crippen LogP contribution in [0.25, 0.3) is 21.9 Å². The Bertz CT molecular complexity index is 794. The molecule has 3 rings (SSSR count). The summed E-state index contributed by atoms with van der Waals surface area (Å²) < 4.78 is 5.79. The number of benzene rings is 2. The van der Waals surface area contributed by atoms with Gasteiger partial charge >= 0.3 is 0 Å². The van der Waals surface area contributed by atoms with Crippen LogP contribution < -0.4 is 0 Å². The van der Waals surface area contributed by atoms with Crippen molar-refractivity contribution >= 4 is 33.8 Å². The van der Waals surface area contributed by atoms with Crippen molar-refractivity contribution in [3.05, 3.63) is 54.1 Å². The summed E-state index contributed by atoms with van der Waals surface area (Å²) in [6, 6.07) is 14.1. The Kier molecular flexibility index (Phi) is 4.94. The number of hydrogen-bond acceptors (Lipinski definition) is 2. The van der Waals surface area contributed by atoms with Gasteiger partial charge < -0.3 is 4.42 Å². The molecule has 0 saturated heterocycles. The standard InChI is InChI=1S/C17H15NO.C2H6/c1-3-12(2)11-18-13-8-9-17-15(10-13)14-6-4-5-7-16(14)19-17;1-2/h3-11H,1-2H3;1-2H3/b12-3-,18-11?;. The molecule has 21 heavy (non-hydrogen) atoms. The normalized spacial score (nSPS) is 11.9. The molecule has 2 nitrogen and oxygen atoms in total. The Balaban J connectivity index is 0.000000774. The Morgan fingerprint density at radius 3 is 2.48 bits per heavy atom. The molecule has 0 fully saturated rings. The third-order valence-electron chi connectivity index (χ3n) is 3.23. The highest BCUT2D eigenvalue weighted by molar-refractivity contribution is 6.05. The zero-order chi connectivity index (χ0) is 15.2. The summed E-state index contributed by atoms with van der Waals surface area (Å²) in [6.45, 7) is 8.05. The molecule has 1 heterocycles. The van der Waals surface area contributed by atoms with Crippen LogP contribution in [0.3, 0.4) is 0 Å². The summed E-state index contributed by atoms with van der Waals surface area (Å²) in [4.78, 5) is 4.48. The van der Waals surface area contributed by atoms with E-state index in [2.05, 4.69) is 17.1 Å². The fourth-order valence-corrected chi connectivity index (χ4v) is 2.05. The predicted octanol–water partition coefficient (Wildman–Crippen LogP) is 6.28. The largest absolute Gasteiger partial charge is 0.456 e. The SMILES string of the molecule is C/C=C(/C)C=Nc1ccc2oc3ccccc3c2c1.CC. The van der Waals surface area contributed by atoms with Crippen LogP contribution in [0.4, 0.5) is 5.69 Å². The van der Waals surface area contributed by atoms with E-state index in [1.165, 1.54) is 0 Å². The quantitative estimate of drug-likeness (QED) is 0.507. The van der Waals surface area contributed by atoms with E-state index in [0.29, 0.717) is 0 Å². The summed E-state index contributed by atoms with van der Waals surface area (Å²) in [5.74, 6) is 0. The van der Waals surface area contributed by atoms with Crippen LogP contribution in [0, 0.1) is 0 Å². The molecule has 0 bridgehead atoms. The van der Waals surface area contributed by atoms with Crippen molar-refractivity contribution in [1.82, 2.24) is 0 Å². The fraction of sp³-hybridized carbons (Fsp3) is 0.211. The third-order valence-corrected chi connectivity index (χ3v) is 3.23. The van der Waals surface area contributed by atoms with Gasteiger partial charge in [0, 0.05) is 17.0 Å². The van der Waals surface area contributed by atoms with E-state index >= 15 is 0 Å². The molecule has 0 spiro atoms. The summed E-state index contributed by atoms with van der Waals surface area (Å²) in [7, 11) is 0. The van der Waals surface area contributed by atoms with Gasteiger partial charge in [-0.1, -0.05) is 38.1 Å². The van der Waals surface area contributed by atoms with Gasteiger partial charge in [-0.15, -0.1) is 0 Å². The first-order chi connectivity index (χ1) is 10.3. The van der Waals surface area contributed by atoms with Crippen LogP contribution in [0.15, 0.2) is 63.5 Å². The number of aliphatic imine (C=N–C) groups is 1. The maximum atomic E-state index is 5.79. The first-order valence-corrected chi connectivity index (χ1v) is 7.36. The van der Waals surface area contributed by atoms with Crippen molar-refractivity contribution in [2.24, 2.45) is 4.99 Å².